The molecule has 1 aliphatic heterocycles. The van der Waals surface area contributed by atoms with Gasteiger partial charge in [-0.2, -0.15) is 5.10 Å². The van der Waals surface area contributed by atoms with Crippen LogP contribution in [0.5, 0.6) is 0 Å². The molecule has 0 radical (unpaired) electrons. The third-order valence-corrected chi connectivity index (χ3v) is 5.63. The number of carbonyl (C=O) groups is 2. The molecule has 0 saturated carbocycles. The van der Waals surface area contributed by atoms with E-state index < -0.39 is 9.85 Å². The number of halogens is 1. The van der Waals surface area contributed by atoms with Gasteiger partial charge in [-0.05, 0) is 32.0 Å². The van der Waals surface area contributed by atoms with Crippen molar-refractivity contribution in [1.82, 2.24) is 5.43 Å². The minimum Gasteiger partial charge on any atom is -0.393 e. The number of ketones is 1. The van der Waals surface area contributed by atoms with Crippen molar-refractivity contribution in [2.24, 2.45) is 5.10 Å². The van der Waals surface area contributed by atoms with Crippen molar-refractivity contribution in [1.29, 1.82) is 0 Å². The Morgan fingerprint density at radius 2 is 1.67 bits per heavy atom. The first-order valence-electron chi connectivity index (χ1n) is 9.23. The van der Waals surface area contributed by atoms with Crippen LogP contribution >= 0.6 is 27.7 Å². The zero-order chi connectivity index (χ0) is 24.9. The van der Waals surface area contributed by atoms with Gasteiger partial charge >= 0.3 is 0 Å². The van der Waals surface area contributed by atoms with Crippen molar-refractivity contribution in [2.75, 3.05) is 11.5 Å². The number of amides is 1. The van der Waals surface area contributed by atoms with E-state index in [4.69, 9.17) is 11.5 Å². The Balaban J connectivity index is 0.000000238. The van der Waals surface area contributed by atoms with Gasteiger partial charge in [-0.1, -0.05) is 33.8 Å². The SMILES string of the molecule is CC(Br)C(=O)c1ccc(N)c([N+](=O)[O-])c1.CC1SC(=O)NN=C1c1ccc(N)c([N+](=O)[O-])c1. The van der Waals surface area contributed by atoms with Crippen LogP contribution in [0.1, 0.15) is 29.8 Å². The van der Waals surface area contributed by atoms with Crippen LogP contribution in [-0.2, 0) is 0 Å². The van der Waals surface area contributed by atoms with Crippen molar-refractivity contribution in [2.45, 2.75) is 23.9 Å². The summed E-state index contributed by atoms with van der Waals surface area (Å²) in [4.78, 5) is 42.5. The Kier molecular flexibility index (Phi) is 8.48. The summed E-state index contributed by atoms with van der Waals surface area (Å²) in [6.45, 7) is 3.47. The minimum absolute atomic E-state index is 0.0544. The number of hydrazone groups is 1. The number of nitrogens with one attached hydrogen (secondary N) is 1. The maximum atomic E-state index is 11.5. The summed E-state index contributed by atoms with van der Waals surface area (Å²) in [7, 11) is 0. The number of thioether (sulfide) groups is 1. The number of nitro benzene ring substituents is 2. The molecule has 33 heavy (non-hydrogen) atoms. The van der Waals surface area contributed by atoms with Crippen molar-refractivity contribution in [3.05, 3.63) is 67.8 Å². The maximum Gasteiger partial charge on any atom is 0.299 e. The van der Waals surface area contributed by atoms with Crippen LogP contribution in [0.3, 0.4) is 0 Å². The van der Waals surface area contributed by atoms with Crippen molar-refractivity contribution in [3.63, 3.8) is 0 Å². The summed E-state index contributed by atoms with van der Waals surface area (Å²) < 4.78 is 0. The van der Waals surface area contributed by atoms with Gasteiger partial charge in [0, 0.05) is 23.3 Å². The number of nitrogens with zero attached hydrogens (tertiary/aromatic N) is 3. The van der Waals surface area contributed by atoms with Gasteiger partial charge < -0.3 is 11.5 Å². The van der Waals surface area contributed by atoms with Gasteiger partial charge in [0.15, 0.2) is 5.78 Å². The highest BCUT2D eigenvalue weighted by atomic mass is 79.9. The van der Waals surface area contributed by atoms with Crippen LogP contribution in [0, 0.1) is 20.2 Å². The largest absolute Gasteiger partial charge is 0.393 e. The first-order valence-corrected chi connectivity index (χ1v) is 11.0. The van der Waals surface area contributed by atoms with E-state index in [0.717, 1.165) is 11.8 Å². The molecule has 1 heterocycles. The molecule has 2 unspecified atom stereocenters. The second-order valence-electron chi connectivity index (χ2n) is 6.70. The zero-order valence-corrected chi connectivity index (χ0v) is 19.8. The molecule has 0 fully saturated rings. The fourth-order valence-electron chi connectivity index (χ4n) is 2.68. The summed E-state index contributed by atoms with van der Waals surface area (Å²) in [5, 5.41) is 24.9. The first-order chi connectivity index (χ1) is 15.4. The number of alkyl halides is 1. The highest BCUT2D eigenvalue weighted by molar-refractivity contribution is 9.10. The van der Waals surface area contributed by atoms with E-state index in [1.165, 1.54) is 30.3 Å². The molecule has 0 saturated heterocycles. The van der Waals surface area contributed by atoms with Gasteiger partial charge in [-0.3, -0.25) is 29.8 Å². The molecule has 0 aromatic heterocycles. The highest BCUT2D eigenvalue weighted by Gasteiger charge is 2.24. The average molecular weight is 539 g/mol. The average Bonchev–Trinajstić information content (AvgIpc) is 2.74. The Hall–Kier alpha value is -3.52. The summed E-state index contributed by atoms with van der Waals surface area (Å²) in [6.07, 6.45) is 0. The molecule has 1 aliphatic rings. The molecule has 3 rings (SSSR count). The number of anilines is 2. The third-order valence-electron chi connectivity index (χ3n) is 4.33. The number of Topliss-reactive ketones (excluding diaryl/α,β-unsaturated/α-hetero) is 1. The van der Waals surface area contributed by atoms with E-state index in [0.29, 0.717) is 11.3 Å². The third kappa shape index (κ3) is 6.49. The number of carbonyl (C=O) groups excluding carboxylic acids is 2. The van der Waals surface area contributed by atoms with E-state index in [9.17, 15) is 29.8 Å². The molecule has 2 aromatic rings. The molecule has 2 aromatic carbocycles. The van der Waals surface area contributed by atoms with E-state index in [1.54, 1.807) is 13.0 Å². The quantitative estimate of drug-likeness (QED) is 0.166. The Bertz CT molecular complexity index is 1160. The number of rotatable bonds is 5. The summed E-state index contributed by atoms with van der Waals surface area (Å²) in [6, 6.07) is 8.50. The first kappa shape index (κ1) is 25.7. The van der Waals surface area contributed by atoms with E-state index >= 15 is 0 Å². The second-order valence-corrected chi connectivity index (χ2v) is 9.39. The molecule has 0 spiro atoms. The van der Waals surface area contributed by atoms with Crippen LogP contribution in [0.15, 0.2) is 41.5 Å². The summed E-state index contributed by atoms with van der Waals surface area (Å²) >= 11 is 4.19. The van der Waals surface area contributed by atoms with Crippen molar-refractivity contribution >= 4 is 67.2 Å². The highest BCUT2D eigenvalue weighted by Crippen LogP contribution is 2.27. The normalized spacial score (nSPS) is 15.9. The topological polar surface area (TPSA) is 197 Å². The number of nitro groups is 2. The van der Waals surface area contributed by atoms with E-state index in [-0.39, 0.29) is 49.4 Å². The molecule has 12 nitrogen and oxygen atoms in total. The fraction of sp³-hybridized carbons (Fsp3) is 0.211. The molecule has 5 N–H and O–H groups in total. The summed E-state index contributed by atoms with van der Waals surface area (Å²) in [5.74, 6) is -0.210. The van der Waals surface area contributed by atoms with Gasteiger partial charge in [0.1, 0.15) is 11.4 Å². The lowest BCUT2D eigenvalue weighted by Gasteiger charge is -2.18. The Morgan fingerprint density at radius 3 is 2.18 bits per heavy atom. The standard InChI is InChI=1S/C10H10N4O3S.C9H9BrN2O3/c1-5-9(12-13-10(15)18-5)6-2-3-7(11)8(4-6)14(16)17;1-5(10)9(13)6-2-3-7(11)8(4-6)12(14)15/h2-5H,11H2,1H3,(H,13,15);2-5H,11H2,1H3. The van der Waals surface area contributed by atoms with Crippen LogP contribution in [-0.4, -0.2) is 36.7 Å². The zero-order valence-electron chi connectivity index (χ0n) is 17.4. The smallest absolute Gasteiger partial charge is 0.299 e. The molecule has 1 amide bonds. The Labute approximate surface area is 200 Å². The number of hydrogen-bond acceptors (Lipinski definition) is 10. The van der Waals surface area contributed by atoms with Gasteiger partial charge in [0.2, 0.25) is 0 Å². The van der Waals surface area contributed by atoms with Crippen molar-refractivity contribution in [3.8, 4) is 0 Å². The predicted octanol–water partition coefficient (Wildman–Crippen LogP) is 3.87. The van der Waals surface area contributed by atoms with Crippen LogP contribution < -0.4 is 16.9 Å². The monoisotopic (exact) mass is 538 g/mol. The summed E-state index contributed by atoms with van der Waals surface area (Å²) in [5.41, 5.74) is 14.5. The number of hydrogen-bond donors (Lipinski definition) is 3. The lowest BCUT2D eigenvalue weighted by molar-refractivity contribution is -0.384. The maximum absolute atomic E-state index is 11.5. The van der Waals surface area contributed by atoms with Gasteiger partial charge in [0.05, 0.1) is 25.6 Å². The van der Waals surface area contributed by atoms with Crippen molar-refractivity contribution < 1.29 is 19.4 Å². The fourth-order valence-corrected chi connectivity index (χ4v) is 3.67. The predicted molar refractivity (Wildman–Crippen MR) is 130 cm³/mol. The molecule has 14 heteroatoms. The molecule has 0 bridgehead atoms. The van der Waals surface area contributed by atoms with Crippen LogP contribution in [0.4, 0.5) is 27.5 Å². The van der Waals surface area contributed by atoms with Gasteiger partial charge in [0.25, 0.3) is 16.6 Å². The molecule has 174 valence electrons. The van der Waals surface area contributed by atoms with E-state index in [2.05, 4.69) is 26.5 Å². The van der Waals surface area contributed by atoms with Gasteiger partial charge in [-0.25, -0.2) is 5.43 Å². The van der Waals surface area contributed by atoms with Gasteiger partial charge in [-0.15, -0.1) is 0 Å². The lowest BCUT2D eigenvalue weighted by atomic mass is 10.1. The second kappa shape index (κ2) is 10.9. The number of nitrogen functional groups attached to an aromatic ring is 2. The number of benzene rings is 2. The van der Waals surface area contributed by atoms with E-state index in [1.807, 2.05) is 6.92 Å². The molecule has 0 aliphatic carbocycles. The minimum atomic E-state index is -0.606. The molecule has 2 atom stereocenters. The van der Waals surface area contributed by atoms with Crippen LogP contribution in [0.2, 0.25) is 0 Å². The lowest BCUT2D eigenvalue weighted by Crippen LogP contribution is -2.29. The molecular weight excluding hydrogens is 520 g/mol. The van der Waals surface area contributed by atoms with Crippen LogP contribution in [0.25, 0.3) is 0 Å². The number of nitrogens with two attached hydrogens (primary N) is 2. The Morgan fingerprint density at radius 1 is 1.12 bits per heavy atom. The molecular formula is C19H19BrN6O6S.